The summed E-state index contributed by atoms with van der Waals surface area (Å²) in [5, 5.41) is 13.2. The molecule has 0 spiro atoms. The normalized spacial score (nSPS) is 24.6. The second-order valence-electron chi connectivity index (χ2n) is 6.09. The molecule has 2 N–H and O–H groups in total. The van der Waals surface area contributed by atoms with Gasteiger partial charge in [0.15, 0.2) is 0 Å². The van der Waals surface area contributed by atoms with Gasteiger partial charge in [0, 0.05) is 31.2 Å². The monoisotopic (exact) mass is 279 g/mol. The maximum Gasteiger partial charge on any atom is 0.123 e. The number of aryl methyl sites for hydroxylation is 1. The molecule has 0 saturated carbocycles. The predicted molar refractivity (Wildman–Crippen MR) is 75.0 cm³/mol. The van der Waals surface area contributed by atoms with Crippen molar-refractivity contribution in [2.45, 2.75) is 31.7 Å². The van der Waals surface area contributed by atoms with E-state index in [4.69, 9.17) is 4.74 Å². The van der Waals surface area contributed by atoms with Crippen molar-refractivity contribution in [2.24, 2.45) is 5.41 Å². The molecule has 1 aromatic rings. The SMILES string of the molecule is OCC1(CNC2CCc3ccc(F)cc32)CCOCC1. The van der Waals surface area contributed by atoms with Crippen LogP contribution in [0.15, 0.2) is 18.2 Å². The highest BCUT2D eigenvalue weighted by atomic mass is 19.1. The van der Waals surface area contributed by atoms with Gasteiger partial charge < -0.3 is 15.2 Å². The lowest BCUT2D eigenvalue weighted by Crippen LogP contribution is -2.42. The lowest BCUT2D eigenvalue weighted by Gasteiger charge is -2.36. The zero-order valence-corrected chi connectivity index (χ0v) is 11.7. The summed E-state index contributed by atoms with van der Waals surface area (Å²) in [6.07, 6.45) is 3.79. The van der Waals surface area contributed by atoms with E-state index in [1.165, 1.54) is 11.6 Å². The maximum atomic E-state index is 13.4. The largest absolute Gasteiger partial charge is 0.396 e. The molecule has 1 atom stereocenters. The molecule has 110 valence electrons. The lowest BCUT2D eigenvalue weighted by molar-refractivity contribution is -0.0165. The predicted octanol–water partition coefficient (Wildman–Crippen LogP) is 2.19. The van der Waals surface area contributed by atoms with Crippen LogP contribution in [-0.4, -0.2) is 31.5 Å². The van der Waals surface area contributed by atoms with E-state index >= 15 is 0 Å². The van der Waals surface area contributed by atoms with E-state index in [1.807, 2.05) is 6.07 Å². The molecule has 1 aliphatic carbocycles. The number of hydrogen-bond acceptors (Lipinski definition) is 3. The van der Waals surface area contributed by atoms with E-state index in [1.54, 1.807) is 6.07 Å². The van der Waals surface area contributed by atoms with E-state index in [-0.39, 0.29) is 23.9 Å². The molecular weight excluding hydrogens is 257 g/mol. The van der Waals surface area contributed by atoms with E-state index < -0.39 is 0 Å². The molecule has 20 heavy (non-hydrogen) atoms. The smallest absolute Gasteiger partial charge is 0.123 e. The van der Waals surface area contributed by atoms with Crippen LogP contribution in [0.4, 0.5) is 4.39 Å². The number of fused-ring (bicyclic) bond motifs is 1. The first-order valence-corrected chi connectivity index (χ1v) is 7.43. The molecule has 0 aromatic heterocycles. The third-order valence-corrected chi connectivity index (χ3v) is 4.80. The van der Waals surface area contributed by atoms with Gasteiger partial charge in [0.05, 0.1) is 6.61 Å². The first-order chi connectivity index (χ1) is 9.72. The summed E-state index contributed by atoms with van der Waals surface area (Å²) >= 11 is 0. The Morgan fingerprint density at radius 2 is 2.15 bits per heavy atom. The number of hydrogen-bond donors (Lipinski definition) is 2. The van der Waals surface area contributed by atoms with Crippen LogP contribution in [0.2, 0.25) is 0 Å². The molecule has 3 rings (SSSR count). The highest BCUT2D eigenvalue weighted by Crippen LogP contribution is 2.34. The molecule has 0 radical (unpaired) electrons. The highest BCUT2D eigenvalue weighted by molar-refractivity contribution is 5.35. The minimum atomic E-state index is -0.166. The number of aliphatic hydroxyl groups excluding tert-OH is 1. The quantitative estimate of drug-likeness (QED) is 0.888. The standard InChI is InChI=1S/C16H22FNO2/c17-13-3-1-12-2-4-15(14(12)9-13)18-10-16(11-19)5-7-20-8-6-16/h1,3,9,15,18-19H,2,4-8,10-11H2. The van der Waals surface area contributed by atoms with Crippen LogP contribution in [0.5, 0.6) is 0 Å². The molecule has 4 heteroatoms. The third kappa shape index (κ3) is 2.73. The molecule has 1 fully saturated rings. The van der Waals surface area contributed by atoms with Crippen LogP contribution in [0.3, 0.4) is 0 Å². The molecule has 2 aliphatic rings. The summed E-state index contributed by atoms with van der Waals surface area (Å²) < 4.78 is 18.8. The van der Waals surface area contributed by atoms with Crippen molar-refractivity contribution < 1.29 is 14.2 Å². The Morgan fingerprint density at radius 1 is 1.35 bits per heavy atom. The molecule has 1 aliphatic heterocycles. The van der Waals surface area contributed by atoms with Gasteiger partial charge in [-0.3, -0.25) is 0 Å². The van der Waals surface area contributed by atoms with E-state index in [0.29, 0.717) is 0 Å². The van der Waals surface area contributed by atoms with Crippen LogP contribution in [-0.2, 0) is 11.2 Å². The number of benzene rings is 1. The zero-order chi connectivity index (χ0) is 14.0. The van der Waals surface area contributed by atoms with Crippen molar-refractivity contribution >= 4 is 0 Å². The molecule has 0 amide bonds. The van der Waals surface area contributed by atoms with Gasteiger partial charge in [-0.2, -0.15) is 0 Å². The Kier molecular flexibility index (Phi) is 4.06. The average molecular weight is 279 g/mol. The summed E-state index contributed by atoms with van der Waals surface area (Å²) in [6.45, 7) is 2.40. The van der Waals surface area contributed by atoms with E-state index in [2.05, 4.69) is 5.32 Å². The van der Waals surface area contributed by atoms with Gasteiger partial charge in [-0.1, -0.05) is 6.07 Å². The Balaban J connectivity index is 1.66. The number of aliphatic hydroxyl groups is 1. The van der Waals surface area contributed by atoms with Crippen LogP contribution in [0.25, 0.3) is 0 Å². The van der Waals surface area contributed by atoms with Crippen LogP contribution in [0.1, 0.15) is 36.4 Å². The van der Waals surface area contributed by atoms with Gasteiger partial charge >= 0.3 is 0 Å². The fraction of sp³-hybridized carbons (Fsp3) is 0.625. The molecule has 1 aromatic carbocycles. The first-order valence-electron chi connectivity index (χ1n) is 7.43. The van der Waals surface area contributed by atoms with Crippen molar-refractivity contribution in [1.29, 1.82) is 0 Å². The van der Waals surface area contributed by atoms with Gasteiger partial charge in [0.1, 0.15) is 5.82 Å². The highest BCUT2D eigenvalue weighted by Gasteiger charge is 2.33. The summed E-state index contributed by atoms with van der Waals surface area (Å²) in [6, 6.07) is 5.29. The van der Waals surface area contributed by atoms with Gasteiger partial charge in [-0.25, -0.2) is 4.39 Å². The average Bonchev–Trinajstić information content (AvgIpc) is 2.88. The molecule has 1 saturated heterocycles. The van der Waals surface area contributed by atoms with Crippen molar-refractivity contribution in [3.05, 3.63) is 35.1 Å². The van der Waals surface area contributed by atoms with Crippen LogP contribution >= 0.6 is 0 Å². The zero-order valence-electron chi connectivity index (χ0n) is 11.7. The van der Waals surface area contributed by atoms with Gasteiger partial charge in [-0.05, 0) is 48.9 Å². The lowest BCUT2D eigenvalue weighted by atomic mass is 9.80. The van der Waals surface area contributed by atoms with Crippen molar-refractivity contribution in [3.63, 3.8) is 0 Å². The Morgan fingerprint density at radius 3 is 2.90 bits per heavy atom. The fourth-order valence-corrected chi connectivity index (χ4v) is 3.32. The van der Waals surface area contributed by atoms with Gasteiger partial charge in [0.2, 0.25) is 0 Å². The fourth-order valence-electron chi connectivity index (χ4n) is 3.32. The number of nitrogens with one attached hydrogen (secondary N) is 1. The maximum absolute atomic E-state index is 13.4. The first kappa shape index (κ1) is 14.0. The summed E-state index contributed by atoms with van der Waals surface area (Å²) in [5.41, 5.74) is 2.26. The number of ether oxygens (including phenoxy) is 1. The minimum Gasteiger partial charge on any atom is -0.396 e. The molecular formula is C16H22FNO2. The summed E-state index contributed by atoms with van der Waals surface area (Å²) in [5.74, 6) is -0.166. The van der Waals surface area contributed by atoms with Crippen molar-refractivity contribution in [2.75, 3.05) is 26.4 Å². The van der Waals surface area contributed by atoms with Gasteiger partial charge in [-0.15, -0.1) is 0 Å². The molecule has 1 unspecified atom stereocenters. The Bertz CT molecular complexity index is 472. The Hall–Kier alpha value is -0.970. The van der Waals surface area contributed by atoms with E-state index in [9.17, 15) is 9.50 Å². The van der Waals surface area contributed by atoms with E-state index in [0.717, 1.165) is 51.0 Å². The second kappa shape index (κ2) is 5.80. The van der Waals surface area contributed by atoms with Gasteiger partial charge in [0.25, 0.3) is 0 Å². The number of rotatable bonds is 4. The summed E-state index contributed by atoms with van der Waals surface area (Å²) in [7, 11) is 0. The minimum absolute atomic E-state index is 0.0751. The van der Waals surface area contributed by atoms with Crippen molar-refractivity contribution in [1.82, 2.24) is 5.32 Å². The second-order valence-corrected chi connectivity index (χ2v) is 6.09. The Labute approximate surface area is 119 Å². The molecule has 1 heterocycles. The van der Waals surface area contributed by atoms with Crippen LogP contribution < -0.4 is 5.32 Å². The topological polar surface area (TPSA) is 41.5 Å². The van der Waals surface area contributed by atoms with Crippen LogP contribution in [0, 0.1) is 11.2 Å². The third-order valence-electron chi connectivity index (χ3n) is 4.80. The van der Waals surface area contributed by atoms with Crippen molar-refractivity contribution in [3.8, 4) is 0 Å². The number of halogens is 1. The molecule has 3 nitrogen and oxygen atoms in total. The summed E-state index contributed by atoms with van der Waals surface area (Å²) in [4.78, 5) is 0. The molecule has 0 bridgehead atoms.